The van der Waals surface area contributed by atoms with Gasteiger partial charge < -0.3 is 10.1 Å². The molecule has 0 bridgehead atoms. The van der Waals surface area contributed by atoms with Gasteiger partial charge in [0.25, 0.3) is 0 Å². The van der Waals surface area contributed by atoms with Crippen molar-refractivity contribution in [1.29, 1.82) is 0 Å². The molecule has 0 saturated carbocycles. The summed E-state index contributed by atoms with van der Waals surface area (Å²) in [6, 6.07) is 14.8. The Morgan fingerprint density at radius 1 is 1.03 bits per heavy atom. The quantitative estimate of drug-likeness (QED) is 0.611. The fourth-order valence-corrected chi connectivity index (χ4v) is 3.44. The first-order valence-electron chi connectivity index (χ1n) is 9.74. The van der Waals surface area contributed by atoms with Gasteiger partial charge in [-0.1, -0.05) is 0 Å². The molecule has 4 rings (SSSR count). The maximum Gasteiger partial charge on any atom is 0.416 e. The van der Waals surface area contributed by atoms with Crippen LogP contribution < -0.4 is 10.1 Å². The van der Waals surface area contributed by atoms with E-state index in [2.05, 4.69) is 15.4 Å². The third-order valence-electron chi connectivity index (χ3n) is 5.11. The molecule has 6 nitrogen and oxygen atoms in total. The van der Waals surface area contributed by atoms with E-state index in [1.54, 1.807) is 19.5 Å². The van der Waals surface area contributed by atoms with Crippen molar-refractivity contribution in [1.82, 2.24) is 9.99 Å². The monoisotopic (exact) mass is 440 g/mol. The summed E-state index contributed by atoms with van der Waals surface area (Å²) in [5, 5.41) is 8.41. The molecule has 2 amide bonds. The van der Waals surface area contributed by atoms with Gasteiger partial charge in [0, 0.05) is 24.0 Å². The van der Waals surface area contributed by atoms with Gasteiger partial charge in [-0.05, 0) is 71.8 Å². The fraction of sp³-hybridized carbons (Fsp3) is 0.174. The molecule has 32 heavy (non-hydrogen) atoms. The largest absolute Gasteiger partial charge is 0.497 e. The number of aromatic nitrogens is 1. The van der Waals surface area contributed by atoms with Crippen molar-refractivity contribution in [3.63, 3.8) is 0 Å². The third-order valence-corrected chi connectivity index (χ3v) is 5.11. The number of hydrogen-bond acceptors (Lipinski definition) is 4. The van der Waals surface area contributed by atoms with Gasteiger partial charge >= 0.3 is 12.2 Å². The van der Waals surface area contributed by atoms with E-state index in [-0.39, 0.29) is 18.2 Å². The van der Waals surface area contributed by atoms with E-state index in [1.807, 2.05) is 36.4 Å². The van der Waals surface area contributed by atoms with Crippen molar-refractivity contribution < 1.29 is 22.7 Å². The van der Waals surface area contributed by atoms with Crippen LogP contribution in [0.2, 0.25) is 0 Å². The Balaban J connectivity index is 1.58. The minimum atomic E-state index is -4.44. The van der Waals surface area contributed by atoms with Gasteiger partial charge in [0.15, 0.2) is 0 Å². The zero-order valence-electron chi connectivity index (χ0n) is 17.0. The molecule has 0 spiro atoms. The minimum Gasteiger partial charge on any atom is -0.497 e. The average Bonchev–Trinajstić information content (AvgIpc) is 3.25. The lowest BCUT2D eigenvalue weighted by molar-refractivity contribution is -0.137. The van der Waals surface area contributed by atoms with Gasteiger partial charge in [0.2, 0.25) is 0 Å². The Kier molecular flexibility index (Phi) is 5.81. The molecule has 1 aliphatic heterocycles. The van der Waals surface area contributed by atoms with Crippen molar-refractivity contribution in [2.45, 2.75) is 12.1 Å². The van der Waals surface area contributed by atoms with Crippen LogP contribution in [0.25, 0.3) is 0 Å². The van der Waals surface area contributed by atoms with Crippen molar-refractivity contribution in [3.8, 4) is 5.75 Å². The summed E-state index contributed by atoms with van der Waals surface area (Å²) in [4.78, 5) is 16.8. The molecule has 1 atom stereocenters. The van der Waals surface area contributed by atoms with Crippen molar-refractivity contribution in [2.24, 2.45) is 5.10 Å². The second-order valence-electron chi connectivity index (χ2n) is 7.13. The lowest BCUT2D eigenvalue weighted by atomic mass is 9.91. The number of alkyl halides is 3. The molecule has 1 N–H and O–H groups in total. The third kappa shape index (κ3) is 4.56. The standard InChI is InChI=1S/C23H19F3N4O2/c1-32-19-8-2-16(3-9-19)21-20(15-10-12-27-13-11-15)14-30(29-21)22(31)28-18-6-4-17(5-7-18)23(24,25)26/h2-13,20H,14H2,1H3,(H,28,31). The van der Waals surface area contributed by atoms with E-state index in [1.165, 1.54) is 17.1 Å². The number of ether oxygens (including phenoxy) is 1. The number of pyridine rings is 1. The Hall–Kier alpha value is -3.88. The van der Waals surface area contributed by atoms with Gasteiger partial charge in [-0.2, -0.15) is 18.3 Å². The Morgan fingerprint density at radius 3 is 2.28 bits per heavy atom. The van der Waals surface area contributed by atoms with E-state index in [0.717, 1.165) is 23.3 Å². The first-order chi connectivity index (χ1) is 15.3. The molecular formula is C23H19F3N4O2. The number of urea groups is 1. The van der Waals surface area contributed by atoms with E-state index in [9.17, 15) is 18.0 Å². The van der Waals surface area contributed by atoms with Crippen LogP contribution in [-0.2, 0) is 6.18 Å². The molecule has 2 heterocycles. The smallest absolute Gasteiger partial charge is 0.416 e. The van der Waals surface area contributed by atoms with Crippen molar-refractivity contribution in [2.75, 3.05) is 19.0 Å². The van der Waals surface area contributed by atoms with Crippen LogP contribution in [0, 0.1) is 0 Å². The van der Waals surface area contributed by atoms with Gasteiger partial charge in [-0.15, -0.1) is 0 Å². The van der Waals surface area contributed by atoms with E-state index >= 15 is 0 Å². The predicted molar refractivity (Wildman–Crippen MR) is 114 cm³/mol. The molecule has 0 radical (unpaired) electrons. The topological polar surface area (TPSA) is 66.8 Å². The molecule has 2 aromatic carbocycles. The molecule has 1 aliphatic rings. The number of benzene rings is 2. The minimum absolute atomic E-state index is 0.190. The van der Waals surface area contributed by atoms with Crippen LogP contribution in [0.1, 0.15) is 22.6 Å². The summed E-state index contributed by atoms with van der Waals surface area (Å²) in [7, 11) is 1.58. The van der Waals surface area contributed by atoms with Gasteiger partial charge in [-0.25, -0.2) is 9.80 Å². The Bertz CT molecular complexity index is 1110. The second kappa shape index (κ2) is 8.70. The summed E-state index contributed by atoms with van der Waals surface area (Å²) in [6.07, 6.45) is -1.09. The lowest BCUT2D eigenvalue weighted by Crippen LogP contribution is -2.30. The van der Waals surface area contributed by atoms with E-state index in [4.69, 9.17) is 4.74 Å². The number of hydrogen-bond donors (Lipinski definition) is 1. The van der Waals surface area contributed by atoms with Crippen molar-refractivity contribution in [3.05, 3.63) is 89.7 Å². The van der Waals surface area contributed by atoms with Gasteiger partial charge in [0.1, 0.15) is 5.75 Å². The molecule has 3 aromatic rings. The molecule has 0 fully saturated rings. The maximum atomic E-state index is 12.8. The zero-order chi connectivity index (χ0) is 22.7. The number of methoxy groups -OCH3 is 1. The molecule has 9 heteroatoms. The summed E-state index contributed by atoms with van der Waals surface area (Å²) < 4.78 is 43.5. The molecule has 0 aliphatic carbocycles. The average molecular weight is 440 g/mol. The number of halogens is 3. The number of carbonyl (C=O) groups is 1. The predicted octanol–water partition coefficient (Wildman–Crippen LogP) is 5.14. The lowest BCUT2D eigenvalue weighted by Gasteiger charge is -2.16. The summed E-state index contributed by atoms with van der Waals surface area (Å²) >= 11 is 0. The van der Waals surface area contributed by atoms with Gasteiger partial charge in [-0.3, -0.25) is 4.98 Å². The number of carbonyl (C=O) groups excluding carboxylic acids is 1. The number of nitrogens with one attached hydrogen (secondary N) is 1. The Morgan fingerprint density at radius 2 is 1.69 bits per heavy atom. The Labute approximate surface area is 182 Å². The van der Waals surface area contributed by atoms with E-state index in [0.29, 0.717) is 11.5 Å². The van der Waals surface area contributed by atoms with Crippen LogP contribution in [0.3, 0.4) is 0 Å². The normalized spacial score (nSPS) is 15.9. The summed E-state index contributed by atoms with van der Waals surface area (Å²) in [5.41, 5.74) is 1.93. The maximum absolute atomic E-state index is 12.8. The molecular weight excluding hydrogens is 421 g/mol. The van der Waals surface area contributed by atoms with Crippen molar-refractivity contribution >= 4 is 17.4 Å². The number of amides is 2. The van der Waals surface area contributed by atoms with Crippen LogP contribution in [-0.4, -0.2) is 35.4 Å². The SMILES string of the molecule is COc1ccc(C2=NN(C(=O)Nc3ccc(C(F)(F)F)cc3)CC2c2ccncc2)cc1. The highest BCUT2D eigenvalue weighted by Gasteiger charge is 2.33. The zero-order valence-corrected chi connectivity index (χ0v) is 17.0. The van der Waals surface area contributed by atoms with Crippen LogP contribution in [0.15, 0.2) is 78.2 Å². The summed E-state index contributed by atoms with van der Waals surface area (Å²) in [6.45, 7) is 0.276. The first kappa shape index (κ1) is 21.4. The number of rotatable bonds is 4. The summed E-state index contributed by atoms with van der Waals surface area (Å²) in [5.74, 6) is 0.509. The number of hydrazone groups is 1. The number of anilines is 1. The second-order valence-corrected chi connectivity index (χ2v) is 7.13. The first-order valence-corrected chi connectivity index (χ1v) is 9.74. The number of nitrogens with zero attached hydrogens (tertiary/aromatic N) is 3. The molecule has 1 aromatic heterocycles. The molecule has 0 saturated heterocycles. The van der Waals surface area contributed by atoms with Crippen LogP contribution in [0.4, 0.5) is 23.7 Å². The molecule has 164 valence electrons. The fourth-order valence-electron chi connectivity index (χ4n) is 3.44. The van der Waals surface area contributed by atoms with Crippen LogP contribution in [0.5, 0.6) is 5.75 Å². The highest BCUT2D eigenvalue weighted by molar-refractivity contribution is 6.07. The highest BCUT2D eigenvalue weighted by atomic mass is 19.4. The highest BCUT2D eigenvalue weighted by Crippen LogP contribution is 2.31. The molecule has 1 unspecified atom stereocenters. The van der Waals surface area contributed by atoms with Crippen LogP contribution >= 0.6 is 0 Å². The van der Waals surface area contributed by atoms with E-state index < -0.39 is 17.8 Å². The van der Waals surface area contributed by atoms with Gasteiger partial charge in [0.05, 0.1) is 24.9 Å².